The van der Waals surface area contributed by atoms with Crippen molar-refractivity contribution in [2.45, 2.75) is 44.5 Å². The molecular weight excluding hydrogens is 342 g/mol. The maximum absolute atomic E-state index is 12.6. The van der Waals surface area contributed by atoms with Gasteiger partial charge in [0.05, 0.1) is 25.1 Å². The highest BCUT2D eigenvalue weighted by atomic mass is 32.1. The zero-order valence-corrected chi connectivity index (χ0v) is 15.2. The summed E-state index contributed by atoms with van der Waals surface area (Å²) in [7, 11) is 1.85. The van der Waals surface area contributed by atoms with E-state index in [1.165, 1.54) is 11.3 Å². The first-order valence-electron chi connectivity index (χ1n) is 8.50. The van der Waals surface area contributed by atoms with Crippen molar-refractivity contribution < 1.29 is 19.0 Å². The van der Waals surface area contributed by atoms with Crippen molar-refractivity contribution in [2.24, 2.45) is 7.05 Å². The van der Waals surface area contributed by atoms with Crippen LogP contribution in [-0.2, 0) is 21.3 Å². The molecule has 2 aromatic heterocycles. The third kappa shape index (κ3) is 3.33. The molecule has 0 N–H and O–H groups in total. The monoisotopic (exact) mass is 363 g/mol. The Balaban J connectivity index is 1.41. The van der Waals surface area contributed by atoms with Gasteiger partial charge < -0.3 is 14.2 Å². The summed E-state index contributed by atoms with van der Waals surface area (Å²) in [5.41, 5.74) is 1.60. The van der Waals surface area contributed by atoms with Crippen molar-refractivity contribution in [1.82, 2.24) is 14.8 Å². The summed E-state index contributed by atoms with van der Waals surface area (Å²) < 4.78 is 18.9. The molecule has 0 amide bonds. The minimum absolute atomic E-state index is 0.0886. The third-order valence-electron chi connectivity index (χ3n) is 4.72. The molecule has 1 aliphatic carbocycles. The van der Waals surface area contributed by atoms with Gasteiger partial charge in [0.15, 0.2) is 5.79 Å². The molecule has 0 atom stereocenters. The number of carbonyl (C=O) groups is 1. The molecule has 0 radical (unpaired) electrons. The minimum Gasteiger partial charge on any atom is -0.458 e. The molecule has 8 heteroatoms. The van der Waals surface area contributed by atoms with Crippen LogP contribution in [0.3, 0.4) is 0 Å². The first kappa shape index (κ1) is 16.7. The van der Waals surface area contributed by atoms with E-state index in [9.17, 15) is 4.79 Å². The maximum Gasteiger partial charge on any atom is 0.350 e. The van der Waals surface area contributed by atoms with Crippen LogP contribution in [0.15, 0.2) is 12.4 Å². The van der Waals surface area contributed by atoms with Crippen LogP contribution in [0.5, 0.6) is 0 Å². The lowest BCUT2D eigenvalue weighted by Crippen LogP contribution is -2.38. The highest BCUT2D eigenvalue weighted by molar-refractivity contribution is 7.17. The van der Waals surface area contributed by atoms with Crippen molar-refractivity contribution in [2.75, 3.05) is 13.2 Å². The molecule has 1 aliphatic heterocycles. The molecule has 0 bridgehead atoms. The molecule has 25 heavy (non-hydrogen) atoms. The zero-order valence-electron chi connectivity index (χ0n) is 14.4. The molecule has 1 saturated carbocycles. The number of aryl methyl sites for hydroxylation is 2. The van der Waals surface area contributed by atoms with Gasteiger partial charge in [-0.15, -0.1) is 11.3 Å². The van der Waals surface area contributed by atoms with E-state index in [-0.39, 0.29) is 12.1 Å². The Labute approximate surface area is 149 Å². The van der Waals surface area contributed by atoms with Crippen molar-refractivity contribution in [3.8, 4) is 10.6 Å². The van der Waals surface area contributed by atoms with E-state index >= 15 is 0 Å². The first-order chi connectivity index (χ1) is 12.0. The molecule has 7 nitrogen and oxygen atoms in total. The molecule has 2 aliphatic rings. The predicted molar refractivity (Wildman–Crippen MR) is 91.4 cm³/mol. The number of carbonyl (C=O) groups excluding carboxylic acids is 1. The van der Waals surface area contributed by atoms with Crippen LogP contribution in [0, 0.1) is 6.92 Å². The second-order valence-corrected chi connectivity index (χ2v) is 7.55. The van der Waals surface area contributed by atoms with Crippen LogP contribution < -0.4 is 0 Å². The first-order valence-corrected chi connectivity index (χ1v) is 9.32. The predicted octanol–water partition coefficient (Wildman–Crippen LogP) is 2.69. The quantitative estimate of drug-likeness (QED) is 0.781. The Morgan fingerprint density at radius 1 is 1.36 bits per heavy atom. The molecule has 1 spiro atoms. The Morgan fingerprint density at radius 2 is 2.08 bits per heavy atom. The summed E-state index contributed by atoms with van der Waals surface area (Å²) in [4.78, 5) is 17.6. The average molecular weight is 363 g/mol. The molecule has 2 aromatic rings. The fraction of sp³-hybridized carbons (Fsp3) is 0.588. The molecule has 0 aromatic carbocycles. The van der Waals surface area contributed by atoms with Crippen molar-refractivity contribution in [3.05, 3.63) is 23.0 Å². The van der Waals surface area contributed by atoms with Crippen LogP contribution in [0.2, 0.25) is 0 Å². The van der Waals surface area contributed by atoms with E-state index in [1.807, 2.05) is 20.2 Å². The molecular formula is C17H21N3O4S. The number of esters is 1. The van der Waals surface area contributed by atoms with Crippen LogP contribution in [0.25, 0.3) is 10.6 Å². The van der Waals surface area contributed by atoms with Gasteiger partial charge in [-0.25, -0.2) is 9.78 Å². The van der Waals surface area contributed by atoms with E-state index in [4.69, 9.17) is 14.2 Å². The lowest BCUT2D eigenvalue weighted by Gasteiger charge is -2.34. The van der Waals surface area contributed by atoms with Gasteiger partial charge in [0.2, 0.25) is 0 Å². The Bertz CT molecular complexity index is 769. The number of hydrogen-bond donors (Lipinski definition) is 0. The Kier molecular flexibility index (Phi) is 4.35. The summed E-state index contributed by atoms with van der Waals surface area (Å²) in [6.45, 7) is 3.15. The van der Waals surface area contributed by atoms with Gasteiger partial charge in [0.1, 0.15) is 16.0 Å². The number of thiazole rings is 1. The highest BCUT2D eigenvalue weighted by Gasteiger charge is 2.41. The number of rotatable bonds is 3. The number of nitrogens with zero attached hydrogens (tertiary/aromatic N) is 3. The van der Waals surface area contributed by atoms with Gasteiger partial charge in [-0.3, -0.25) is 4.68 Å². The summed E-state index contributed by atoms with van der Waals surface area (Å²) in [6.07, 6.45) is 6.61. The molecule has 3 heterocycles. The largest absolute Gasteiger partial charge is 0.458 e. The lowest BCUT2D eigenvalue weighted by atomic mass is 9.92. The third-order valence-corrected chi connectivity index (χ3v) is 5.90. The Hall–Kier alpha value is -1.77. The standard InChI is InChI=1S/C17H21N3O4S/c1-11-14(25-15(19-11)12-9-18-20(2)10-12)16(21)24-13-3-5-17(6-4-13)22-7-8-23-17/h9-10,13H,3-8H2,1-2H3. The number of hydrogen-bond acceptors (Lipinski definition) is 7. The summed E-state index contributed by atoms with van der Waals surface area (Å²) in [5.74, 6) is -0.726. The second kappa shape index (κ2) is 6.51. The zero-order chi connectivity index (χ0) is 17.4. The van der Waals surface area contributed by atoms with Gasteiger partial charge in [-0.05, 0) is 19.8 Å². The van der Waals surface area contributed by atoms with Crippen LogP contribution in [-0.4, -0.2) is 45.8 Å². The number of ether oxygens (including phenoxy) is 3. The summed E-state index contributed by atoms with van der Waals surface area (Å²) in [6, 6.07) is 0. The van der Waals surface area contributed by atoms with Crippen LogP contribution in [0.1, 0.15) is 41.0 Å². The van der Waals surface area contributed by atoms with E-state index in [0.29, 0.717) is 23.8 Å². The van der Waals surface area contributed by atoms with E-state index in [1.54, 1.807) is 10.9 Å². The minimum atomic E-state index is -0.434. The fourth-order valence-corrected chi connectivity index (χ4v) is 4.30. The smallest absolute Gasteiger partial charge is 0.350 e. The highest BCUT2D eigenvalue weighted by Crippen LogP contribution is 2.37. The van der Waals surface area contributed by atoms with Gasteiger partial charge in [-0.2, -0.15) is 5.10 Å². The molecule has 4 rings (SSSR count). The van der Waals surface area contributed by atoms with E-state index in [2.05, 4.69) is 10.1 Å². The fourth-order valence-electron chi connectivity index (χ4n) is 3.38. The van der Waals surface area contributed by atoms with E-state index in [0.717, 1.165) is 36.3 Å². The summed E-state index contributed by atoms with van der Waals surface area (Å²) in [5, 5.41) is 4.93. The van der Waals surface area contributed by atoms with Crippen molar-refractivity contribution in [1.29, 1.82) is 0 Å². The van der Waals surface area contributed by atoms with Crippen LogP contribution in [0.4, 0.5) is 0 Å². The molecule has 1 saturated heterocycles. The normalized spacial score (nSPS) is 20.2. The second-order valence-electron chi connectivity index (χ2n) is 6.55. The van der Waals surface area contributed by atoms with Gasteiger partial charge in [0, 0.05) is 31.6 Å². The van der Waals surface area contributed by atoms with Gasteiger partial charge in [0.25, 0.3) is 0 Å². The summed E-state index contributed by atoms with van der Waals surface area (Å²) >= 11 is 1.35. The SMILES string of the molecule is Cc1nc(-c2cnn(C)c2)sc1C(=O)OC1CCC2(CC1)OCCO2. The average Bonchev–Trinajstić information content (AvgIpc) is 3.31. The van der Waals surface area contributed by atoms with Gasteiger partial charge in [-0.1, -0.05) is 0 Å². The molecule has 134 valence electrons. The van der Waals surface area contributed by atoms with Crippen molar-refractivity contribution in [3.63, 3.8) is 0 Å². The van der Waals surface area contributed by atoms with Crippen LogP contribution >= 0.6 is 11.3 Å². The van der Waals surface area contributed by atoms with Crippen molar-refractivity contribution >= 4 is 17.3 Å². The molecule has 2 fully saturated rings. The maximum atomic E-state index is 12.6. The van der Waals surface area contributed by atoms with E-state index < -0.39 is 5.79 Å². The molecule has 0 unspecified atom stereocenters. The van der Waals surface area contributed by atoms with Gasteiger partial charge >= 0.3 is 5.97 Å². The Morgan fingerprint density at radius 3 is 2.72 bits per heavy atom. The lowest BCUT2D eigenvalue weighted by molar-refractivity contribution is -0.187. The topological polar surface area (TPSA) is 75.5 Å². The number of aromatic nitrogens is 3.